The third-order valence-electron chi connectivity index (χ3n) is 1.68. The van der Waals surface area contributed by atoms with E-state index in [0.717, 1.165) is 4.31 Å². The zero-order valence-corrected chi connectivity index (χ0v) is 9.70. The monoisotopic (exact) mass is 239 g/mol. The van der Waals surface area contributed by atoms with Crippen LogP contribution < -0.4 is 5.73 Å². The van der Waals surface area contributed by atoms with Crippen molar-refractivity contribution in [3.05, 3.63) is 0 Å². The molecule has 0 aromatic rings. The second-order valence-electron chi connectivity index (χ2n) is 2.86. The van der Waals surface area contributed by atoms with E-state index < -0.39 is 10.0 Å². The number of hydrogen-bond acceptors (Lipinski definition) is 5. The number of likely N-dealkylation sites (N-methyl/N-ethyl adjacent to an activating group) is 1. The van der Waals surface area contributed by atoms with Crippen LogP contribution in [0.15, 0.2) is 5.16 Å². The first kappa shape index (κ1) is 14.1. The molecule has 0 aromatic carbocycles. The van der Waals surface area contributed by atoms with Gasteiger partial charge in [0.15, 0.2) is 5.84 Å². The standard InChI is InChI=1S/C7H17N3O4S/c1-3-14-4-5-15(12,13)10(2)6-7(8)9-11/h11H,3-6H2,1-2H3,(H2,8,9). The van der Waals surface area contributed by atoms with Gasteiger partial charge in [-0.15, -0.1) is 0 Å². The van der Waals surface area contributed by atoms with Gasteiger partial charge in [0.2, 0.25) is 10.0 Å². The Labute approximate surface area is 89.5 Å². The number of oxime groups is 1. The van der Waals surface area contributed by atoms with Crippen LogP contribution in [-0.4, -0.2) is 56.3 Å². The lowest BCUT2D eigenvalue weighted by Crippen LogP contribution is -2.37. The van der Waals surface area contributed by atoms with Gasteiger partial charge in [0.25, 0.3) is 0 Å². The first-order valence-electron chi connectivity index (χ1n) is 4.42. The maximum atomic E-state index is 11.5. The van der Waals surface area contributed by atoms with Crippen LogP contribution in [0.4, 0.5) is 0 Å². The van der Waals surface area contributed by atoms with Crippen molar-refractivity contribution in [1.82, 2.24) is 4.31 Å². The van der Waals surface area contributed by atoms with Gasteiger partial charge in [0, 0.05) is 13.7 Å². The zero-order valence-electron chi connectivity index (χ0n) is 8.88. The number of ether oxygens (including phenoxy) is 1. The Morgan fingerprint density at radius 1 is 1.60 bits per heavy atom. The average Bonchev–Trinajstić information content (AvgIpc) is 2.17. The fourth-order valence-corrected chi connectivity index (χ4v) is 1.79. The molecule has 3 N–H and O–H groups in total. The summed E-state index contributed by atoms with van der Waals surface area (Å²) in [6.07, 6.45) is 0. The maximum absolute atomic E-state index is 11.5. The van der Waals surface area contributed by atoms with Crippen molar-refractivity contribution in [1.29, 1.82) is 0 Å². The molecule has 0 aliphatic carbocycles. The smallest absolute Gasteiger partial charge is 0.216 e. The minimum absolute atomic E-state index is 0.115. The molecular formula is C7H17N3O4S. The van der Waals surface area contributed by atoms with Crippen molar-refractivity contribution in [3.8, 4) is 0 Å². The highest BCUT2D eigenvalue weighted by molar-refractivity contribution is 7.89. The van der Waals surface area contributed by atoms with Gasteiger partial charge in [-0.05, 0) is 6.92 Å². The predicted octanol–water partition coefficient (Wildman–Crippen LogP) is -0.969. The topological polar surface area (TPSA) is 105 Å². The first-order valence-corrected chi connectivity index (χ1v) is 6.03. The van der Waals surface area contributed by atoms with Crippen molar-refractivity contribution >= 4 is 15.9 Å². The van der Waals surface area contributed by atoms with Crippen molar-refractivity contribution in [3.63, 3.8) is 0 Å². The second kappa shape index (κ2) is 6.59. The van der Waals surface area contributed by atoms with Crippen LogP contribution >= 0.6 is 0 Å². The van der Waals surface area contributed by atoms with E-state index in [1.54, 1.807) is 6.92 Å². The van der Waals surface area contributed by atoms with Crippen LogP contribution in [0.25, 0.3) is 0 Å². The Morgan fingerprint density at radius 3 is 2.67 bits per heavy atom. The molecule has 0 rings (SSSR count). The van der Waals surface area contributed by atoms with Gasteiger partial charge >= 0.3 is 0 Å². The van der Waals surface area contributed by atoms with Gasteiger partial charge in [-0.2, -0.15) is 4.31 Å². The summed E-state index contributed by atoms with van der Waals surface area (Å²) >= 11 is 0. The highest BCUT2D eigenvalue weighted by Crippen LogP contribution is 1.97. The summed E-state index contributed by atoms with van der Waals surface area (Å²) in [5, 5.41) is 11.0. The van der Waals surface area contributed by atoms with E-state index in [0.29, 0.717) is 6.61 Å². The molecule has 0 saturated carbocycles. The highest BCUT2D eigenvalue weighted by atomic mass is 32.2. The molecule has 0 bridgehead atoms. The summed E-state index contributed by atoms with van der Waals surface area (Å²) in [7, 11) is -2.04. The van der Waals surface area contributed by atoms with E-state index in [9.17, 15) is 8.42 Å². The van der Waals surface area contributed by atoms with Gasteiger partial charge in [-0.3, -0.25) is 0 Å². The largest absolute Gasteiger partial charge is 0.409 e. The molecular weight excluding hydrogens is 222 g/mol. The molecule has 0 unspecified atom stereocenters. The molecule has 0 heterocycles. The average molecular weight is 239 g/mol. The molecule has 8 heteroatoms. The van der Waals surface area contributed by atoms with Crippen LogP contribution in [0.5, 0.6) is 0 Å². The normalized spacial score (nSPS) is 13.4. The Morgan fingerprint density at radius 2 is 2.20 bits per heavy atom. The Hall–Kier alpha value is -0.860. The predicted molar refractivity (Wildman–Crippen MR) is 56.3 cm³/mol. The number of rotatable bonds is 7. The molecule has 0 aliphatic heterocycles. The summed E-state index contributed by atoms with van der Waals surface area (Å²) in [6.45, 7) is 2.26. The summed E-state index contributed by atoms with van der Waals surface area (Å²) in [5.41, 5.74) is 5.19. The molecule has 15 heavy (non-hydrogen) atoms. The zero-order chi connectivity index (χ0) is 11.9. The lowest BCUT2D eigenvalue weighted by atomic mass is 10.6. The molecule has 90 valence electrons. The van der Waals surface area contributed by atoms with Crippen LogP contribution in [0.3, 0.4) is 0 Å². The molecule has 0 spiro atoms. The quantitative estimate of drug-likeness (QED) is 0.195. The lowest BCUT2D eigenvalue weighted by molar-refractivity contribution is 0.162. The lowest BCUT2D eigenvalue weighted by Gasteiger charge is -2.15. The molecule has 0 atom stereocenters. The molecule has 0 saturated heterocycles. The number of nitrogens with zero attached hydrogens (tertiary/aromatic N) is 2. The van der Waals surface area contributed by atoms with Gasteiger partial charge in [0.05, 0.1) is 18.9 Å². The van der Waals surface area contributed by atoms with E-state index in [1.807, 2.05) is 0 Å². The van der Waals surface area contributed by atoms with Crippen molar-refractivity contribution < 1.29 is 18.4 Å². The van der Waals surface area contributed by atoms with Crippen molar-refractivity contribution in [2.45, 2.75) is 6.92 Å². The summed E-state index contributed by atoms with van der Waals surface area (Å²) < 4.78 is 29.0. The van der Waals surface area contributed by atoms with E-state index in [2.05, 4.69) is 5.16 Å². The highest BCUT2D eigenvalue weighted by Gasteiger charge is 2.18. The Bertz CT molecular complexity index is 301. The fourth-order valence-electron chi connectivity index (χ4n) is 0.823. The van der Waals surface area contributed by atoms with Crippen LogP contribution in [-0.2, 0) is 14.8 Å². The van der Waals surface area contributed by atoms with E-state index >= 15 is 0 Å². The molecule has 0 fully saturated rings. The van der Waals surface area contributed by atoms with Gasteiger partial charge in [-0.25, -0.2) is 8.42 Å². The maximum Gasteiger partial charge on any atom is 0.216 e. The molecule has 7 nitrogen and oxygen atoms in total. The second-order valence-corrected chi connectivity index (χ2v) is 5.06. The summed E-state index contributed by atoms with van der Waals surface area (Å²) in [6, 6.07) is 0. The SMILES string of the molecule is CCOCCS(=O)(=O)N(C)CC(N)=NO. The minimum atomic E-state index is -3.40. The first-order chi connectivity index (χ1) is 6.94. The molecule has 0 radical (unpaired) electrons. The summed E-state index contributed by atoms with van der Waals surface area (Å²) in [4.78, 5) is 0. The van der Waals surface area contributed by atoms with E-state index in [1.165, 1.54) is 7.05 Å². The van der Waals surface area contributed by atoms with Crippen LogP contribution in [0, 0.1) is 0 Å². The van der Waals surface area contributed by atoms with Gasteiger partial charge in [0.1, 0.15) is 0 Å². The number of sulfonamides is 1. The van der Waals surface area contributed by atoms with E-state index in [4.69, 9.17) is 15.7 Å². The Kier molecular flexibility index (Phi) is 6.21. The van der Waals surface area contributed by atoms with Crippen LogP contribution in [0.1, 0.15) is 6.92 Å². The third kappa shape index (κ3) is 5.55. The number of hydrogen-bond donors (Lipinski definition) is 2. The number of amidine groups is 1. The Balaban J connectivity index is 4.21. The third-order valence-corrected chi connectivity index (χ3v) is 3.44. The molecule has 0 aliphatic rings. The minimum Gasteiger partial charge on any atom is -0.409 e. The van der Waals surface area contributed by atoms with E-state index in [-0.39, 0.29) is 24.7 Å². The van der Waals surface area contributed by atoms with Gasteiger partial charge in [-0.1, -0.05) is 5.16 Å². The summed E-state index contributed by atoms with van der Waals surface area (Å²) in [5.74, 6) is -0.270. The van der Waals surface area contributed by atoms with Gasteiger partial charge < -0.3 is 15.7 Å². The molecule has 0 amide bonds. The number of nitrogens with two attached hydrogens (primary N) is 1. The fraction of sp³-hybridized carbons (Fsp3) is 0.857. The van der Waals surface area contributed by atoms with Crippen LogP contribution in [0.2, 0.25) is 0 Å². The van der Waals surface area contributed by atoms with Crippen molar-refractivity contribution in [2.24, 2.45) is 10.9 Å². The molecule has 0 aromatic heterocycles. The van der Waals surface area contributed by atoms with Crippen molar-refractivity contribution in [2.75, 3.05) is 32.6 Å².